The third-order valence-corrected chi connectivity index (χ3v) is 6.11. The average Bonchev–Trinajstić information content (AvgIpc) is 3.09. The lowest BCUT2D eigenvalue weighted by Crippen LogP contribution is -2.25. The summed E-state index contributed by atoms with van der Waals surface area (Å²) in [7, 11) is 0. The summed E-state index contributed by atoms with van der Waals surface area (Å²) in [6.07, 6.45) is 0. The molecule has 29 heavy (non-hydrogen) atoms. The molecule has 8 heteroatoms. The number of nitrogens with one attached hydrogen (secondary N) is 1. The van der Waals surface area contributed by atoms with Crippen LogP contribution in [0.25, 0.3) is 0 Å². The van der Waals surface area contributed by atoms with Crippen molar-refractivity contribution in [1.82, 2.24) is 10.3 Å². The quantitative estimate of drug-likeness (QED) is 0.483. The highest BCUT2D eigenvalue weighted by molar-refractivity contribution is 7.98. The fourth-order valence-corrected chi connectivity index (χ4v) is 4.25. The number of ether oxygens (including phenoxy) is 1. The van der Waals surface area contributed by atoms with Gasteiger partial charge in [-0.3, -0.25) is 4.79 Å². The molecule has 0 unspecified atom stereocenters. The number of hydrogen-bond acceptors (Lipinski definition) is 5. The minimum Gasteiger partial charge on any atom is -0.486 e. The number of hydrogen-bond donors (Lipinski definition) is 1. The first kappa shape index (κ1) is 21.3. The van der Waals surface area contributed by atoms with Gasteiger partial charge in [-0.25, -0.2) is 13.8 Å². The summed E-state index contributed by atoms with van der Waals surface area (Å²) in [5.74, 6) is 1.07. The number of carbonyl (C=O) groups is 1. The van der Waals surface area contributed by atoms with E-state index in [-0.39, 0.29) is 24.1 Å². The highest BCUT2D eigenvalue weighted by atomic mass is 32.2. The Morgan fingerprint density at radius 2 is 1.93 bits per heavy atom. The predicted molar refractivity (Wildman–Crippen MR) is 112 cm³/mol. The van der Waals surface area contributed by atoms with Crippen LogP contribution in [0.5, 0.6) is 5.75 Å². The number of aromatic nitrogens is 1. The normalized spacial score (nSPS) is 10.7. The second kappa shape index (κ2) is 10.4. The first-order chi connectivity index (χ1) is 14.0. The molecule has 3 aromatic rings. The Morgan fingerprint density at radius 3 is 2.69 bits per heavy atom. The van der Waals surface area contributed by atoms with Crippen LogP contribution in [0.15, 0.2) is 48.5 Å². The zero-order chi connectivity index (χ0) is 20.6. The molecule has 2 aromatic carbocycles. The van der Waals surface area contributed by atoms with E-state index in [1.54, 1.807) is 43.0 Å². The number of amides is 1. The van der Waals surface area contributed by atoms with Crippen LogP contribution >= 0.6 is 23.1 Å². The topological polar surface area (TPSA) is 51.2 Å². The molecule has 0 radical (unpaired) electrons. The first-order valence-electron chi connectivity index (χ1n) is 8.97. The molecule has 0 aliphatic carbocycles. The number of thiazole rings is 1. The van der Waals surface area contributed by atoms with Crippen molar-refractivity contribution < 1.29 is 18.3 Å². The van der Waals surface area contributed by atoms with Crippen molar-refractivity contribution in [3.8, 4) is 5.75 Å². The van der Waals surface area contributed by atoms with Crippen molar-refractivity contribution in [3.05, 3.63) is 81.3 Å². The summed E-state index contributed by atoms with van der Waals surface area (Å²) in [4.78, 5) is 17.3. The molecule has 0 fully saturated rings. The Kier molecular flexibility index (Phi) is 7.60. The number of carbonyl (C=O) groups excluding carboxylic acids is 1. The molecule has 0 saturated heterocycles. The second-order valence-electron chi connectivity index (χ2n) is 6.16. The molecule has 0 bridgehead atoms. The van der Waals surface area contributed by atoms with Crippen molar-refractivity contribution in [1.29, 1.82) is 0 Å². The number of halogens is 2. The molecule has 4 nitrogen and oxygen atoms in total. The van der Waals surface area contributed by atoms with E-state index in [0.717, 1.165) is 0 Å². The Hall–Kier alpha value is -2.45. The highest BCUT2D eigenvalue weighted by Gasteiger charge is 2.15. The van der Waals surface area contributed by atoms with Gasteiger partial charge in [0.25, 0.3) is 5.91 Å². The number of rotatable bonds is 9. The summed E-state index contributed by atoms with van der Waals surface area (Å²) < 4.78 is 32.1. The standard InChI is InChI=1S/C21H20F2N2O2S2/c1-14-20(29-19(25-14)12-27-17-8-6-16(22)7-9-17)21(26)24-10-11-28-13-15-4-2-3-5-18(15)23/h2-9H,10-13H2,1H3,(H,24,26). The van der Waals surface area contributed by atoms with Crippen LogP contribution in [0.3, 0.4) is 0 Å². The van der Waals surface area contributed by atoms with Gasteiger partial charge in [-0.1, -0.05) is 18.2 Å². The molecule has 0 aliphatic heterocycles. The van der Waals surface area contributed by atoms with E-state index >= 15 is 0 Å². The third kappa shape index (κ3) is 6.27. The van der Waals surface area contributed by atoms with E-state index in [1.807, 2.05) is 6.07 Å². The van der Waals surface area contributed by atoms with Crippen LogP contribution in [-0.2, 0) is 12.4 Å². The smallest absolute Gasteiger partial charge is 0.263 e. The molecule has 1 heterocycles. The molecule has 0 spiro atoms. The van der Waals surface area contributed by atoms with E-state index in [1.165, 1.54) is 29.5 Å². The second-order valence-corrected chi connectivity index (χ2v) is 8.35. The van der Waals surface area contributed by atoms with Crippen molar-refractivity contribution >= 4 is 29.0 Å². The van der Waals surface area contributed by atoms with Gasteiger partial charge in [-0.2, -0.15) is 11.8 Å². The Labute approximate surface area is 176 Å². The first-order valence-corrected chi connectivity index (χ1v) is 10.9. The maximum absolute atomic E-state index is 13.6. The fourth-order valence-electron chi connectivity index (χ4n) is 2.52. The Bertz CT molecular complexity index is 962. The summed E-state index contributed by atoms with van der Waals surface area (Å²) in [6.45, 7) is 2.47. The highest BCUT2D eigenvalue weighted by Crippen LogP contribution is 2.21. The van der Waals surface area contributed by atoms with Crippen LogP contribution in [0.2, 0.25) is 0 Å². The average molecular weight is 435 g/mol. The molecular weight excluding hydrogens is 414 g/mol. The predicted octanol–water partition coefficient (Wildman–Crippen LogP) is 4.97. The maximum Gasteiger partial charge on any atom is 0.263 e. The van der Waals surface area contributed by atoms with Gasteiger partial charge in [-0.05, 0) is 42.8 Å². The minimum atomic E-state index is -0.325. The van der Waals surface area contributed by atoms with Gasteiger partial charge in [0.1, 0.15) is 33.9 Å². The summed E-state index contributed by atoms with van der Waals surface area (Å²) in [5.41, 5.74) is 1.30. The molecule has 1 aromatic heterocycles. The van der Waals surface area contributed by atoms with Gasteiger partial charge in [0.2, 0.25) is 0 Å². The van der Waals surface area contributed by atoms with E-state index in [4.69, 9.17) is 4.74 Å². The molecule has 1 N–H and O–H groups in total. The molecule has 1 amide bonds. The van der Waals surface area contributed by atoms with Crippen molar-refractivity contribution in [3.63, 3.8) is 0 Å². The number of aryl methyl sites for hydroxylation is 1. The zero-order valence-electron chi connectivity index (χ0n) is 15.8. The molecule has 0 atom stereocenters. The van der Waals surface area contributed by atoms with E-state index in [0.29, 0.717) is 44.9 Å². The largest absolute Gasteiger partial charge is 0.486 e. The third-order valence-electron chi connectivity index (χ3n) is 3.97. The number of benzene rings is 2. The van der Waals surface area contributed by atoms with Crippen molar-refractivity contribution in [2.75, 3.05) is 12.3 Å². The van der Waals surface area contributed by atoms with Gasteiger partial charge in [0.05, 0.1) is 5.69 Å². The van der Waals surface area contributed by atoms with Gasteiger partial charge in [-0.15, -0.1) is 11.3 Å². The monoisotopic (exact) mass is 434 g/mol. The van der Waals surface area contributed by atoms with Gasteiger partial charge >= 0.3 is 0 Å². The van der Waals surface area contributed by atoms with Crippen LogP contribution in [0.1, 0.15) is 25.9 Å². The number of thioether (sulfide) groups is 1. The van der Waals surface area contributed by atoms with Crippen LogP contribution in [0, 0.1) is 18.6 Å². The summed E-state index contributed by atoms with van der Waals surface area (Å²) >= 11 is 2.83. The minimum absolute atomic E-state index is 0.181. The Balaban J connectivity index is 1.43. The van der Waals surface area contributed by atoms with E-state index in [2.05, 4.69) is 10.3 Å². The van der Waals surface area contributed by atoms with Crippen LogP contribution in [0.4, 0.5) is 8.78 Å². The summed E-state index contributed by atoms with van der Waals surface area (Å²) in [6, 6.07) is 12.4. The van der Waals surface area contributed by atoms with Crippen LogP contribution < -0.4 is 10.1 Å². The lowest BCUT2D eigenvalue weighted by atomic mass is 10.2. The molecule has 0 aliphatic rings. The molecule has 0 saturated carbocycles. The summed E-state index contributed by atoms with van der Waals surface area (Å²) in [5, 5.41) is 3.54. The Morgan fingerprint density at radius 1 is 1.17 bits per heavy atom. The lowest BCUT2D eigenvalue weighted by Gasteiger charge is -2.05. The van der Waals surface area contributed by atoms with Crippen LogP contribution in [-0.4, -0.2) is 23.2 Å². The molecular formula is C21H20F2N2O2S2. The zero-order valence-corrected chi connectivity index (χ0v) is 17.4. The molecule has 152 valence electrons. The fraction of sp³-hybridized carbons (Fsp3) is 0.238. The van der Waals surface area contributed by atoms with Crippen molar-refractivity contribution in [2.24, 2.45) is 0 Å². The van der Waals surface area contributed by atoms with Gasteiger partial charge in [0.15, 0.2) is 0 Å². The van der Waals surface area contributed by atoms with Gasteiger partial charge < -0.3 is 10.1 Å². The van der Waals surface area contributed by atoms with Gasteiger partial charge in [0, 0.05) is 18.1 Å². The van der Waals surface area contributed by atoms with E-state index < -0.39 is 0 Å². The molecule has 3 rings (SSSR count). The van der Waals surface area contributed by atoms with Crippen molar-refractivity contribution in [2.45, 2.75) is 19.3 Å². The number of nitrogens with zero attached hydrogens (tertiary/aromatic N) is 1. The SMILES string of the molecule is Cc1nc(COc2ccc(F)cc2)sc1C(=O)NCCSCc1ccccc1F. The maximum atomic E-state index is 13.6. The lowest BCUT2D eigenvalue weighted by molar-refractivity contribution is 0.0959. The van der Waals surface area contributed by atoms with E-state index in [9.17, 15) is 13.6 Å².